The zero-order valence-electron chi connectivity index (χ0n) is 14.7. The van der Waals surface area contributed by atoms with Crippen molar-refractivity contribution in [3.8, 4) is 0 Å². The van der Waals surface area contributed by atoms with Gasteiger partial charge >= 0.3 is 6.03 Å². The Kier molecular flexibility index (Phi) is 6.41. The first kappa shape index (κ1) is 18.2. The third-order valence-corrected chi connectivity index (χ3v) is 4.91. The van der Waals surface area contributed by atoms with Crippen molar-refractivity contribution in [1.82, 2.24) is 15.2 Å². The maximum atomic E-state index is 12.2. The van der Waals surface area contributed by atoms with Gasteiger partial charge in [-0.1, -0.05) is 20.8 Å². The van der Waals surface area contributed by atoms with Gasteiger partial charge in [-0.2, -0.15) is 0 Å². The summed E-state index contributed by atoms with van der Waals surface area (Å²) >= 11 is 1.67. The molecule has 6 heteroatoms. The number of nitrogens with one attached hydrogen (secondary N) is 1. The number of carbonyl (C=O) groups excluding carboxylic acids is 1. The van der Waals surface area contributed by atoms with Crippen molar-refractivity contribution in [3.63, 3.8) is 0 Å². The third-order valence-electron chi connectivity index (χ3n) is 4.00. The van der Waals surface area contributed by atoms with Gasteiger partial charge in [0.2, 0.25) is 0 Å². The Bertz CT molecular complexity index is 508. The van der Waals surface area contributed by atoms with Gasteiger partial charge in [-0.15, -0.1) is 11.3 Å². The number of urea groups is 1. The van der Waals surface area contributed by atoms with Crippen LogP contribution >= 0.6 is 11.3 Å². The Labute approximate surface area is 143 Å². The van der Waals surface area contributed by atoms with Crippen molar-refractivity contribution in [1.29, 1.82) is 0 Å². The van der Waals surface area contributed by atoms with Crippen molar-refractivity contribution in [2.45, 2.75) is 58.5 Å². The lowest BCUT2D eigenvalue weighted by atomic mass is 9.93. The number of thiazole rings is 1. The minimum absolute atomic E-state index is 0.0157. The van der Waals surface area contributed by atoms with E-state index in [1.807, 2.05) is 11.8 Å². The molecule has 0 unspecified atom stereocenters. The van der Waals surface area contributed by atoms with Crippen molar-refractivity contribution < 1.29 is 9.53 Å². The molecule has 5 nitrogen and oxygen atoms in total. The fourth-order valence-corrected chi connectivity index (χ4v) is 3.68. The summed E-state index contributed by atoms with van der Waals surface area (Å²) in [5.41, 5.74) is 1.21. The molecule has 1 aromatic heterocycles. The van der Waals surface area contributed by atoms with Gasteiger partial charge in [0.05, 0.1) is 16.8 Å². The molecule has 1 atom stereocenters. The van der Waals surface area contributed by atoms with Gasteiger partial charge in [0, 0.05) is 43.5 Å². The number of nitrogens with zero attached hydrogens (tertiary/aromatic N) is 2. The number of ether oxygens (including phenoxy) is 1. The molecular weight excluding hydrogens is 310 g/mol. The van der Waals surface area contributed by atoms with Crippen LogP contribution in [0, 0.1) is 0 Å². The number of hydrogen-bond donors (Lipinski definition) is 1. The van der Waals surface area contributed by atoms with Gasteiger partial charge in [-0.05, 0) is 19.8 Å². The van der Waals surface area contributed by atoms with Crippen LogP contribution in [-0.4, -0.2) is 48.3 Å². The highest BCUT2D eigenvalue weighted by atomic mass is 32.1. The Hall–Kier alpha value is -1.14. The number of carbonyl (C=O) groups is 1. The molecule has 2 amide bonds. The van der Waals surface area contributed by atoms with Gasteiger partial charge < -0.3 is 15.0 Å². The van der Waals surface area contributed by atoms with Gasteiger partial charge in [0.25, 0.3) is 0 Å². The molecule has 0 aromatic carbocycles. The van der Waals surface area contributed by atoms with E-state index in [2.05, 4.69) is 36.5 Å². The number of hydrogen-bond acceptors (Lipinski definition) is 4. The molecule has 1 saturated heterocycles. The van der Waals surface area contributed by atoms with Crippen LogP contribution in [-0.2, 0) is 16.6 Å². The first-order valence-electron chi connectivity index (χ1n) is 8.49. The number of rotatable bonds is 5. The lowest BCUT2D eigenvalue weighted by Gasteiger charge is -2.32. The molecule has 0 radical (unpaired) electrons. The van der Waals surface area contributed by atoms with Crippen LogP contribution in [0.3, 0.4) is 0 Å². The molecule has 1 aliphatic heterocycles. The molecular formula is C17H29N3O2S. The standard InChI is InChI=1S/C17H29N3O2S/c1-5-22-13-7-6-10-20(11-13)16(21)18-9-8-15-19-14(12-23-15)17(2,3)4/h12-13H,5-11H2,1-4H3,(H,18,21)/t13-/m0/s1. The van der Waals surface area contributed by atoms with E-state index < -0.39 is 0 Å². The second-order valence-corrected chi connectivity index (χ2v) is 7.97. The summed E-state index contributed by atoms with van der Waals surface area (Å²) < 4.78 is 5.64. The average molecular weight is 340 g/mol. The highest BCUT2D eigenvalue weighted by Gasteiger charge is 2.23. The van der Waals surface area contributed by atoms with E-state index in [-0.39, 0.29) is 17.6 Å². The Morgan fingerprint density at radius 1 is 1.52 bits per heavy atom. The number of piperidine rings is 1. The molecule has 0 saturated carbocycles. The van der Waals surface area contributed by atoms with Gasteiger partial charge in [0.15, 0.2) is 0 Å². The summed E-state index contributed by atoms with van der Waals surface area (Å²) in [5.74, 6) is 0. The monoisotopic (exact) mass is 339 g/mol. The minimum Gasteiger partial charge on any atom is -0.377 e. The molecule has 2 heterocycles. The summed E-state index contributed by atoms with van der Waals surface area (Å²) in [7, 11) is 0. The molecule has 1 aromatic rings. The topological polar surface area (TPSA) is 54.5 Å². The highest BCUT2D eigenvalue weighted by Crippen LogP contribution is 2.23. The fraction of sp³-hybridized carbons (Fsp3) is 0.765. The first-order valence-corrected chi connectivity index (χ1v) is 9.37. The summed E-state index contributed by atoms with van der Waals surface area (Å²) in [6.45, 7) is 11.4. The van der Waals surface area contributed by atoms with E-state index in [4.69, 9.17) is 4.74 Å². The van der Waals surface area contributed by atoms with Gasteiger partial charge in [-0.25, -0.2) is 9.78 Å². The van der Waals surface area contributed by atoms with Crippen LogP contribution in [0.4, 0.5) is 4.79 Å². The maximum absolute atomic E-state index is 12.2. The van der Waals surface area contributed by atoms with Gasteiger partial charge in [0.1, 0.15) is 0 Å². The average Bonchev–Trinajstić information content (AvgIpc) is 2.97. The molecule has 0 spiro atoms. The molecule has 1 N–H and O–H groups in total. The fourth-order valence-electron chi connectivity index (χ4n) is 2.65. The van der Waals surface area contributed by atoms with Crippen LogP contribution in [0.5, 0.6) is 0 Å². The van der Waals surface area contributed by atoms with E-state index in [1.54, 1.807) is 11.3 Å². The Morgan fingerprint density at radius 2 is 2.30 bits per heavy atom. The molecule has 0 bridgehead atoms. The van der Waals surface area contributed by atoms with E-state index in [1.165, 1.54) is 0 Å². The van der Waals surface area contributed by atoms with Crippen LogP contribution < -0.4 is 5.32 Å². The first-order chi connectivity index (χ1) is 10.9. The SMILES string of the molecule is CCO[C@H]1CCCN(C(=O)NCCc2nc(C(C)(C)C)cs2)C1. The Balaban J connectivity index is 1.75. The summed E-state index contributed by atoms with van der Waals surface area (Å²) in [4.78, 5) is 18.8. The molecule has 0 aliphatic carbocycles. The van der Waals surface area contributed by atoms with E-state index in [0.29, 0.717) is 19.7 Å². The van der Waals surface area contributed by atoms with Crippen molar-refractivity contribution in [2.75, 3.05) is 26.2 Å². The number of likely N-dealkylation sites (tertiary alicyclic amines) is 1. The highest BCUT2D eigenvalue weighted by molar-refractivity contribution is 7.09. The largest absolute Gasteiger partial charge is 0.377 e. The van der Waals surface area contributed by atoms with Crippen LogP contribution in [0.1, 0.15) is 51.2 Å². The van der Waals surface area contributed by atoms with Crippen LogP contribution in [0.25, 0.3) is 0 Å². The lowest BCUT2D eigenvalue weighted by molar-refractivity contribution is 0.0165. The summed E-state index contributed by atoms with van der Waals surface area (Å²) in [6.07, 6.45) is 3.04. The molecule has 2 rings (SSSR count). The molecule has 130 valence electrons. The normalized spacial score (nSPS) is 19.0. The minimum atomic E-state index is 0.0157. The number of amides is 2. The van der Waals surface area contributed by atoms with Gasteiger partial charge in [-0.3, -0.25) is 0 Å². The predicted molar refractivity (Wildman–Crippen MR) is 94.1 cm³/mol. The summed E-state index contributed by atoms with van der Waals surface area (Å²) in [6, 6.07) is 0.0157. The summed E-state index contributed by atoms with van der Waals surface area (Å²) in [5, 5.41) is 6.21. The van der Waals surface area contributed by atoms with Crippen molar-refractivity contribution >= 4 is 17.4 Å². The van der Waals surface area contributed by atoms with Crippen molar-refractivity contribution in [2.24, 2.45) is 0 Å². The lowest BCUT2D eigenvalue weighted by Crippen LogP contribution is -2.48. The number of aromatic nitrogens is 1. The molecule has 23 heavy (non-hydrogen) atoms. The molecule has 1 fully saturated rings. The van der Waals surface area contributed by atoms with Crippen LogP contribution in [0.15, 0.2) is 5.38 Å². The third kappa shape index (κ3) is 5.46. The molecule has 1 aliphatic rings. The van der Waals surface area contributed by atoms with Crippen LogP contribution in [0.2, 0.25) is 0 Å². The maximum Gasteiger partial charge on any atom is 0.317 e. The second-order valence-electron chi connectivity index (χ2n) is 7.02. The quantitative estimate of drug-likeness (QED) is 0.896. The smallest absolute Gasteiger partial charge is 0.317 e. The van der Waals surface area contributed by atoms with Crippen molar-refractivity contribution in [3.05, 3.63) is 16.1 Å². The Morgan fingerprint density at radius 3 is 2.96 bits per heavy atom. The second kappa shape index (κ2) is 8.11. The van der Waals surface area contributed by atoms with E-state index in [0.717, 1.165) is 36.5 Å². The zero-order chi connectivity index (χ0) is 16.9. The van der Waals surface area contributed by atoms with E-state index >= 15 is 0 Å². The van der Waals surface area contributed by atoms with E-state index in [9.17, 15) is 4.79 Å². The predicted octanol–water partition coefficient (Wildman–Crippen LogP) is 3.19. The zero-order valence-corrected chi connectivity index (χ0v) is 15.5.